The van der Waals surface area contributed by atoms with E-state index in [0.717, 1.165) is 94.3 Å². The van der Waals surface area contributed by atoms with Crippen molar-refractivity contribution in [3.63, 3.8) is 0 Å². The molecule has 2 heterocycles. The summed E-state index contributed by atoms with van der Waals surface area (Å²) in [5.41, 5.74) is 12.8. The van der Waals surface area contributed by atoms with E-state index in [2.05, 4.69) is 143 Å². The Morgan fingerprint density at radius 3 is 1.72 bits per heavy atom. The van der Waals surface area contributed by atoms with Gasteiger partial charge in [-0.25, -0.2) is 0 Å². The zero-order valence-electron chi connectivity index (χ0n) is 36.5. The lowest BCUT2D eigenvalue weighted by atomic mass is 9.86. The smallest absolute Gasteiger partial charge is 0.0462 e. The maximum atomic E-state index is 5.05. The number of nitrogens with one attached hydrogen (secondary N) is 2. The lowest BCUT2D eigenvalue weighted by molar-refractivity contribution is 1.03. The van der Waals surface area contributed by atoms with Crippen LogP contribution in [0.25, 0.3) is 81.1 Å². The van der Waals surface area contributed by atoms with Gasteiger partial charge in [-0.05, 0) is 91.5 Å². The quantitative estimate of drug-likeness (QED) is 0.0890. The van der Waals surface area contributed by atoms with E-state index in [4.69, 9.17) is 11.6 Å². The van der Waals surface area contributed by atoms with Gasteiger partial charge in [0.05, 0.1) is 0 Å². The molecule has 2 aromatic heterocycles. The van der Waals surface area contributed by atoms with Crippen LogP contribution in [0.1, 0.15) is 86.3 Å². The maximum Gasteiger partial charge on any atom is 0.0462 e. The van der Waals surface area contributed by atoms with Crippen LogP contribution in [0.15, 0.2) is 153 Å². The highest BCUT2D eigenvalue weighted by Gasteiger charge is 2.22. The van der Waals surface area contributed by atoms with E-state index < -0.39 is 0 Å². The first-order chi connectivity index (χ1) is 29.3. The Balaban J connectivity index is 2.99. The van der Waals surface area contributed by atoms with Gasteiger partial charge in [-0.15, -0.1) is 0 Å². The Labute approximate surface area is 359 Å². The van der Waals surface area contributed by atoms with Gasteiger partial charge in [0.1, 0.15) is 0 Å². The van der Waals surface area contributed by atoms with Gasteiger partial charge in [0, 0.05) is 68.0 Å². The molecular weight excluding hydrogens is 727 g/mol. The first-order valence-electron chi connectivity index (χ1n) is 20.7. The highest BCUT2D eigenvalue weighted by atomic mass is 14.7. The predicted molar refractivity (Wildman–Crippen MR) is 272 cm³/mol. The molecule has 0 unspecified atom stereocenters. The van der Waals surface area contributed by atoms with Crippen LogP contribution in [0.2, 0.25) is 0 Å². The van der Waals surface area contributed by atoms with E-state index in [0.29, 0.717) is 18.3 Å². The summed E-state index contributed by atoms with van der Waals surface area (Å²) >= 11 is 0. The minimum Gasteiger partial charge on any atom is -0.358 e. The minimum absolute atomic E-state index is 0.563. The number of nitrogens with zero attached hydrogens (tertiary/aromatic N) is 1. The normalized spacial score (nSPS) is 12.4. The molecule has 2 N–H and O–H groups in total. The average Bonchev–Trinajstić information content (AvgIpc) is 3.36. The summed E-state index contributed by atoms with van der Waals surface area (Å²) in [5, 5.41) is 3.30. The monoisotopic (exact) mass is 787 g/mol. The summed E-state index contributed by atoms with van der Waals surface area (Å²) in [6, 6.07) is 20.9. The molecular formula is C57H61N3. The third kappa shape index (κ3) is 9.82. The second-order valence-corrected chi connectivity index (χ2v) is 13.7. The summed E-state index contributed by atoms with van der Waals surface area (Å²) in [6.45, 7) is 40.2. The molecule has 4 aromatic rings. The Morgan fingerprint density at radius 1 is 0.633 bits per heavy atom. The standard InChI is InChI=1S/C57H61N3/c1-13-24-28-34-42(16-4)53-46(18-6)56-45(17-5)52(41(15-3)33-25-14-2)40(12)59-49(20-8)55(44-37-31-27-32-38-44)48(39-58-23-11)57(56)47(19-7)54(43-35-29-26-30-36-43)51(22-10)60-50(53)21-9/h13-20,22,24-39,59-60H,3,5-7,10,12,21,23H2,1-2,4,8-9,11H3/b24-13-,25-14-,34-28+,41-33+,42-16+,49-20-,52-45?,53-50?,54-51?,55-48?,56-46?,57-47?,58-39+. The molecule has 0 atom stereocenters. The van der Waals surface area contributed by atoms with E-state index in [1.165, 1.54) is 0 Å². The predicted octanol–water partition coefficient (Wildman–Crippen LogP) is 14.5. The summed E-state index contributed by atoms with van der Waals surface area (Å²) < 4.78 is 0. The van der Waals surface area contributed by atoms with Crippen LogP contribution >= 0.6 is 0 Å². The SMILES string of the molecule is C=C/C(=C\C=C/C)c1c(C=C)c2c(C=C)c(C(/C=C/C=C\C)=C/C)c(CC)[nH]c(C=C)c(-c3ccccc3)c(C=C)c2c(/C=N/CC)c(-c2ccccc2)/c(=C/C)[nH]c1=C. The van der Waals surface area contributed by atoms with Crippen LogP contribution in [0, 0.1) is 0 Å². The molecule has 304 valence electrons. The van der Waals surface area contributed by atoms with Crippen molar-refractivity contribution in [1.82, 2.24) is 9.97 Å². The first kappa shape index (κ1) is 45.7. The van der Waals surface area contributed by atoms with Crippen molar-refractivity contribution in [2.45, 2.75) is 48.0 Å². The Morgan fingerprint density at radius 2 is 1.22 bits per heavy atom. The number of hydrogen-bond acceptors (Lipinski definition) is 1. The number of rotatable bonds is 15. The van der Waals surface area contributed by atoms with Crippen LogP contribution in [0.5, 0.6) is 0 Å². The van der Waals surface area contributed by atoms with E-state index in [1.807, 2.05) is 93.8 Å². The van der Waals surface area contributed by atoms with Crippen LogP contribution in [-0.2, 0) is 6.42 Å². The molecule has 0 amide bonds. The van der Waals surface area contributed by atoms with Crippen molar-refractivity contribution < 1.29 is 0 Å². The number of hydrogen-bond donors (Lipinski definition) is 2. The van der Waals surface area contributed by atoms with Gasteiger partial charge in [-0.2, -0.15) is 0 Å². The third-order valence-corrected chi connectivity index (χ3v) is 10.3. The van der Waals surface area contributed by atoms with E-state index >= 15 is 0 Å². The molecule has 0 fully saturated rings. The zero-order valence-corrected chi connectivity index (χ0v) is 36.5. The topological polar surface area (TPSA) is 43.9 Å². The van der Waals surface area contributed by atoms with Crippen LogP contribution in [-0.4, -0.2) is 22.7 Å². The Bertz CT molecular complexity index is 2680. The van der Waals surface area contributed by atoms with Gasteiger partial charge in [-0.1, -0.05) is 186 Å². The highest BCUT2D eigenvalue weighted by Crippen LogP contribution is 2.41. The Kier molecular flexibility index (Phi) is 17.4. The molecule has 0 saturated carbocycles. The van der Waals surface area contributed by atoms with Crippen molar-refractivity contribution in [3.05, 3.63) is 204 Å². The highest BCUT2D eigenvalue weighted by molar-refractivity contribution is 6.15. The number of aryl methyl sites for hydroxylation is 1. The van der Waals surface area contributed by atoms with Crippen molar-refractivity contribution in [2.75, 3.05) is 6.54 Å². The average molecular weight is 788 g/mol. The lowest BCUT2D eigenvalue weighted by Crippen LogP contribution is -2.21. The van der Waals surface area contributed by atoms with Gasteiger partial charge in [0.15, 0.2) is 0 Å². The van der Waals surface area contributed by atoms with Gasteiger partial charge in [-0.3, -0.25) is 4.99 Å². The number of allylic oxidation sites excluding steroid dienone is 11. The van der Waals surface area contributed by atoms with Crippen molar-refractivity contribution in [1.29, 1.82) is 0 Å². The molecule has 3 heteroatoms. The number of fused-ring (bicyclic) bond motifs is 1. The van der Waals surface area contributed by atoms with Crippen molar-refractivity contribution in [3.8, 4) is 22.3 Å². The second-order valence-electron chi connectivity index (χ2n) is 13.7. The maximum absolute atomic E-state index is 5.05. The van der Waals surface area contributed by atoms with E-state index in [9.17, 15) is 0 Å². The molecule has 0 bridgehead atoms. The number of H-pyrrole nitrogens is 2. The fraction of sp³-hybridized carbons (Fsp3) is 0.140. The fourth-order valence-electron chi connectivity index (χ4n) is 7.62. The second kappa shape index (κ2) is 22.8. The summed E-state index contributed by atoms with van der Waals surface area (Å²) in [7, 11) is 0. The van der Waals surface area contributed by atoms with Crippen molar-refractivity contribution >= 4 is 65.1 Å². The lowest BCUT2D eigenvalue weighted by Gasteiger charge is -2.17. The third-order valence-electron chi connectivity index (χ3n) is 10.3. The molecule has 0 aliphatic heterocycles. The molecule has 0 aliphatic carbocycles. The molecule has 0 spiro atoms. The van der Waals surface area contributed by atoms with Gasteiger partial charge < -0.3 is 9.97 Å². The number of benzene rings is 2. The first-order valence-corrected chi connectivity index (χ1v) is 20.7. The van der Waals surface area contributed by atoms with E-state index in [1.54, 1.807) is 0 Å². The molecule has 0 saturated heterocycles. The van der Waals surface area contributed by atoms with Crippen LogP contribution < -0.4 is 10.7 Å². The molecule has 0 radical (unpaired) electrons. The van der Waals surface area contributed by atoms with Gasteiger partial charge in [0.2, 0.25) is 0 Å². The summed E-state index contributed by atoms with van der Waals surface area (Å²) in [4.78, 5) is 12.8. The molecule has 3 nitrogen and oxygen atoms in total. The Hall–Kier alpha value is -6.97. The molecule has 0 aliphatic rings. The van der Waals surface area contributed by atoms with Gasteiger partial charge in [0.25, 0.3) is 0 Å². The zero-order chi connectivity index (χ0) is 43.6. The van der Waals surface area contributed by atoms with Crippen LogP contribution in [0.4, 0.5) is 0 Å². The van der Waals surface area contributed by atoms with Crippen LogP contribution in [0.3, 0.4) is 0 Å². The molecule has 60 heavy (non-hydrogen) atoms. The summed E-state index contributed by atoms with van der Waals surface area (Å²) in [5.74, 6) is 0. The van der Waals surface area contributed by atoms with Gasteiger partial charge >= 0.3 is 0 Å². The van der Waals surface area contributed by atoms with Crippen molar-refractivity contribution in [2.24, 2.45) is 4.99 Å². The minimum atomic E-state index is 0.563. The summed E-state index contributed by atoms with van der Waals surface area (Å²) in [6.07, 6.45) is 31.0. The number of aromatic amines is 2. The fourth-order valence-corrected chi connectivity index (χ4v) is 7.62. The van der Waals surface area contributed by atoms with E-state index in [-0.39, 0.29) is 0 Å². The number of aliphatic imine (C=N–C) groups is 1. The molecule has 2 aromatic carbocycles. The largest absolute Gasteiger partial charge is 0.358 e. The molecule has 4 rings (SSSR count). The number of aromatic nitrogens is 2.